The summed E-state index contributed by atoms with van der Waals surface area (Å²) >= 11 is 0. The summed E-state index contributed by atoms with van der Waals surface area (Å²) in [6, 6.07) is 12.3. The van der Waals surface area contributed by atoms with Crippen LogP contribution in [-0.2, 0) is 6.54 Å². The van der Waals surface area contributed by atoms with Gasteiger partial charge in [0.25, 0.3) is 0 Å². The van der Waals surface area contributed by atoms with Gasteiger partial charge in [0.2, 0.25) is 0 Å². The number of urea groups is 1. The molecule has 3 rings (SSSR count). The van der Waals surface area contributed by atoms with E-state index in [0.29, 0.717) is 5.82 Å². The molecular weight excluding hydrogens is 328 g/mol. The average Bonchev–Trinajstić information content (AvgIpc) is 3.00. The summed E-state index contributed by atoms with van der Waals surface area (Å²) in [4.78, 5) is 17.0. The zero-order valence-corrected chi connectivity index (χ0v) is 15.8. The van der Waals surface area contributed by atoms with E-state index >= 15 is 0 Å². The van der Waals surface area contributed by atoms with E-state index in [9.17, 15) is 4.79 Å². The molecule has 2 aromatic rings. The topological polar surface area (TPSA) is 61.6 Å². The van der Waals surface area contributed by atoms with Crippen molar-refractivity contribution < 1.29 is 9.32 Å². The molecule has 26 heavy (non-hydrogen) atoms. The second-order valence-electron chi connectivity index (χ2n) is 7.32. The Hall–Kier alpha value is -2.34. The fourth-order valence-electron chi connectivity index (χ4n) is 3.34. The quantitative estimate of drug-likeness (QED) is 0.902. The lowest BCUT2D eigenvalue weighted by Crippen LogP contribution is -2.44. The first kappa shape index (κ1) is 18.5. The van der Waals surface area contributed by atoms with Gasteiger partial charge < -0.3 is 9.42 Å². The molecule has 1 unspecified atom stereocenters. The second-order valence-corrected chi connectivity index (χ2v) is 7.32. The molecule has 1 aliphatic heterocycles. The zero-order chi connectivity index (χ0) is 18.5. The van der Waals surface area contributed by atoms with Gasteiger partial charge in [-0.3, -0.25) is 10.2 Å². The number of carbonyl (C=O) groups is 1. The summed E-state index contributed by atoms with van der Waals surface area (Å²) < 4.78 is 5.26. The summed E-state index contributed by atoms with van der Waals surface area (Å²) in [7, 11) is 0. The maximum Gasteiger partial charge on any atom is 0.323 e. The van der Waals surface area contributed by atoms with Crippen LogP contribution in [0.5, 0.6) is 0 Å². The van der Waals surface area contributed by atoms with E-state index in [1.165, 1.54) is 5.56 Å². The van der Waals surface area contributed by atoms with Crippen molar-refractivity contribution in [1.82, 2.24) is 15.0 Å². The molecule has 1 aromatic carbocycles. The van der Waals surface area contributed by atoms with Gasteiger partial charge in [0, 0.05) is 44.2 Å². The van der Waals surface area contributed by atoms with Gasteiger partial charge >= 0.3 is 6.03 Å². The highest BCUT2D eigenvalue weighted by Gasteiger charge is 2.26. The molecule has 1 aliphatic rings. The molecule has 2 heterocycles. The summed E-state index contributed by atoms with van der Waals surface area (Å²) in [5, 5.41) is 6.82. The van der Waals surface area contributed by atoms with Gasteiger partial charge in [-0.15, -0.1) is 0 Å². The summed E-state index contributed by atoms with van der Waals surface area (Å²) in [6.07, 6.45) is 0.959. The van der Waals surface area contributed by atoms with E-state index in [0.717, 1.165) is 38.4 Å². The zero-order valence-electron chi connectivity index (χ0n) is 15.8. The van der Waals surface area contributed by atoms with Crippen LogP contribution in [-0.4, -0.2) is 46.7 Å². The molecular formula is C20H28N4O2. The lowest BCUT2D eigenvalue weighted by molar-refractivity contribution is 0.184. The highest BCUT2D eigenvalue weighted by Crippen LogP contribution is 2.19. The van der Waals surface area contributed by atoms with Crippen molar-refractivity contribution in [3.63, 3.8) is 0 Å². The summed E-state index contributed by atoms with van der Waals surface area (Å²) in [5.74, 6) is 1.51. The third kappa shape index (κ3) is 4.64. The largest absolute Gasteiger partial charge is 0.359 e. The molecule has 0 bridgehead atoms. The SMILES string of the molecule is CC(C)c1cc(NC(=O)N2CCCN(Cc3ccccc3)CC2C)no1. The van der Waals surface area contributed by atoms with Crippen molar-refractivity contribution in [1.29, 1.82) is 0 Å². The highest BCUT2D eigenvalue weighted by molar-refractivity contribution is 5.88. The third-order valence-electron chi connectivity index (χ3n) is 4.77. The standard InChI is InChI=1S/C20H28N4O2/c1-15(2)18-12-19(22-26-18)21-20(25)24-11-7-10-23(13-16(24)3)14-17-8-5-4-6-9-17/h4-6,8-9,12,15-16H,7,10-11,13-14H2,1-3H3,(H,21,22,25). The molecule has 1 aromatic heterocycles. The Kier molecular flexibility index (Phi) is 5.93. The van der Waals surface area contributed by atoms with Gasteiger partial charge in [-0.05, 0) is 18.9 Å². The second kappa shape index (κ2) is 8.36. The molecule has 1 saturated heterocycles. The van der Waals surface area contributed by atoms with Gasteiger partial charge in [-0.25, -0.2) is 4.79 Å². The molecule has 0 saturated carbocycles. The first-order valence-electron chi connectivity index (χ1n) is 9.33. The molecule has 6 heteroatoms. The number of nitrogens with zero attached hydrogens (tertiary/aromatic N) is 3. The third-order valence-corrected chi connectivity index (χ3v) is 4.77. The van der Waals surface area contributed by atoms with Crippen LogP contribution in [0.2, 0.25) is 0 Å². The molecule has 1 atom stereocenters. The molecule has 0 aliphatic carbocycles. The van der Waals surface area contributed by atoms with Crippen molar-refractivity contribution in [3.8, 4) is 0 Å². The van der Waals surface area contributed by atoms with Crippen LogP contribution in [0.25, 0.3) is 0 Å². The monoisotopic (exact) mass is 356 g/mol. The van der Waals surface area contributed by atoms with Gasteiger partial charge in [0.15, 0.2) is 5.82 Å². The van der Waals surface area contributed by atoms with E-state index in [-0.39, 0.29) is 18.0 Å². The van der Waals surface area contributed by atoms with E-state index in [2.05, 4.69) is 46.6 Å². The van der Waals surface area contributed by atoms with Crippen molar-refractivity contribution in [2.24, 2.45) is 0 Å². The maximum absolute atomic E-state index is 12.7. The number of nitrogens with one attached hydrogen (secondary N) is 1. The number of amides is 2. The van der Waals surface area contributed by atoms with E-state index in [4.69, 9.17) is 4.52 Å². The Labute approximate surface area is 155 Å². The van der Waals surface area contributed by atoms with Gasteiger partial charge in [-0.2, -0.15) is 0 Å². The van der Waals surface area contributed by atoms with Crippen LogP contribution in [0.3, 0.4) is 0 Å². The lowest BCUT2D eigenvalue weighted by Gasteiger charge is -2.28. The number of hydrogen-bond donors (Lipinski definition) is 1. The van der Waals surface area contributed by atoms with E-state index < -0.39 is 0 Å². The normalized spacial score (nSPS) is 18.8. The average molecular weight is 356 g/mol. The van der Waals surface area contributed by atoms with Crippen molar-refractivity contribution in [2.75, 3.05) is 25.0 Å². The summed E-state index contributed by atoms with van der Waals surface area (Å²) in [6.45, 7) is 9.68. The van der Waals surface area contributed by atoms with Crippen LogP contribution < -0.4 is 5.32 Å². The molecule has 2 amide bonds. The fraction of sp³-hybridized carbons (Fsp3) is 0.500. The van der Waals surface area contributed by atoms with Crippen LogP contribution in [0, 0.1) is 0 Å². The molecule has 0 spiro atoms. The number of carbonyl (C=O) groups excluding carboxylic acids is 1. The lowest BCUT2D eigenvalue weighted by atomic mass is 10.2. The number of hydrogen-bond acceptors (Lipinski definition) is 4. The van der Waals surface area contributed by atoms with Crippen molar-refractivity contribution in [3.05, 3.63) is 47.7 Å². The van der Waals surface area contributed by atoms with Gasteiger partial charge in [0.05, 0.1) is 0 Å². The molecule has 1 N–H and O–H groups in total. The number of aromatic nitrogens is 1. The van der Waals surface area contributed by atoms with Crippen LogP contribution in [0.15, 0.2) is 40.9 Å². The Morgan fingerprint density at radius 2 is 2.08 bits per heavy atom. The Morgan fingerprint density at radius 1 is 1.31 bits per heavy atom. The van der Waals surface area contributed by atoms with E-state index in [1.807, 2.05) is 24.8 Å². The summed E-state index contributed by atoms with van der Waals surface area (Å²) in [5.41, 5.74) is 1.31. The van der Waals surface area contributed by atoms with Crippen LogP contribution in [0.4, 0.5) is 10.6 Å². The minimum absolute atomic E-state index is 0.109. The number of rotatable bonds is 4. The Morgan fingerprint density at radius 3 is 2.77 bits per heavy atom. The van der Waals surface area contributed by atoms with Crippen LogP contribution >= 0.6 is 0 Å². The van der Waals surface area contributed by atoms with Gasteiger partial charge in [0.1, 0.15) is 5.76 Å². The Balaban J connectivity index is 1.59. The minimum Gasteiger partial charge on any atom is -0.359 e. The fourth-order valence-corrected chi connectivity index (χ4v) is 3.34. The van der Waals surface area contributed by atoms with E-state index in [1.54, 1.807) is 6.07 Å². The van der Waals surface area contributed by atoms with Crippen LogP contribution in [0.1, 0.15) is 44.4 Å². The van der Waals surface area contributed by atoms with Gasteiger partial charge in [-0.1, -0.05) is 49.3 Å². The predicted molar refractivity (Wildman–Crippen MR) is 102 cm³/mol. The smallest absolute Gasteiger partial charge is 0.323 e. The number of benzene rings is 1. The molecule has 0 radical (unpaired) electrons. The molecule has 140 valence electrons. The maximum atomic E-state index is 12.7. The molecule has 1 fully saturated rings. The number of anilines is 1. The van der Waals surface area contributed by atoms with Crippen molar-refractivity contribution >= 4 is 11.8 Å². The Bertz CT molecular complexity index is 714. The molecule has 6 nitrogen and oxygen atoms in total. The first-order valence-corrected chi connectivity index (χ1v) is 9.33. The minimum atomic E-state index is -0.109. The highest BCUT2D eigenvalue weighted by atomic mass is 16.5. The first-order chi connectivity index (χ1) is 12.5. The predicted octanol–water partition coefficient (Wildman–Crippen LogP) is 3.93. The van der Waals surface area contributed by atoms with Crippen molar-refractivity contribution in [2.45, 2.75) is 45.7 Å².